The Hall–Kier alpha value is 0. The van der Waals surface area contributed by atoms with Gasteiger partial charge in [-0.15, -0.1) is 0 Å². The zero-order valence-corrected chi connectivity index (χ0v) is 7.61. The predicted molar refractivity (Wildman–Crippen MR) is 46.0 cm³/mol. The first-order valence-electron chi connectivity index (χ1n) is 4.71. The summed E-state index contributed by atoms with van der Waals surface area (Å²) >= 11 is 0. The van der Waals surface area contributed by atoms with Crippen molar-refractivity contribution >= 4 is 0 Å². The van der Waals surface area contributed by atoms with Crippen molar-refractivity contribution in [3.8, 4) is 0 Å². The third kappa shape index (κ3) is 1.21. The van der Waals surface area contributed by atoms with Crippen LogP contribution in [0.15, 0.2) is 0 Å². The summed E-state index contributed by atoms with van der Waals surface area (Å²) < 4.78 is 0. The van der Waals surface area contributed by atoms with Crippen LogP contribution in [-0.4, -0.2) is 0 Å². The summed E-state index contributed by atoms with van der Waals surface area (Å²) in [6.45, 7) is 7.08. The molecule has 60 valence electrons. The van der Waals surface area contributed by atoms with Gasteiger partial charge in [0.05, 0.1) is 0 Å². The van der Waals surface area contributed by atoms with E-state index in [2.05, 4.69) is 20.8 Å². The normalized spacial score (nSPS) is 22.8. The molecule has 1 fully saturated rings. The minimum atomic E-state index is 0.773. The molecule has 0 heteroatoms. The molecule has 0 aromatic carbocycles. The molecular weight excluding hydrogens is 120 g/mol. The SMILES string of the molecule is CCCC1(C(C)C)CCC1. The second kappa shape index (κ2) is 2.94. The van der Waals surface area contributed by atoms with E-state index in [9.17, 15) is 0 Å². The van der Waals surface area contributed by atoms with Crippen LogP contribution in [0, 0.1) is 11.3 Å². The van der Waals surface area contributed by atoms with Crippen LogP contribution in [-0.2, 0) is 0 Å². The maximum absolute atomic E-state index is 2.38. The van der Waals surface area contributed by atoms with Crippen molar-refractivity contribution in [3.05, 3.63) is 0 Å². The van der Waals surface area contributed by atoms with E-state index in [4.69, 9.17) is 0 Å². The van der Waals surface area contributed by atoms with Gasteiger partial charge in [-0.25, -0.2) is 0 Å². The minimum absolute atomic E-state index is 0.773. The predicted octanol–water partition coefficient (Wildman–Crippen LogP) is 3.61. The Morgan fingerprint density at radius 3 is 2.00 bits per heavy atom. The Kier molecular flexibility index (Phi) is 2.38. The molecule has 0 spiro atoms. The van der Waals surface area contributed by atoms with Gasteiger partial charge in [0.25, 0.3) is 0 Å². The molecular formula is C10H20. The number of hydrogen-bond donors (Lipinski definition) is 0. The Bertz CT molecular complexity index is 98.6. The molecule has 1 rings (SSSR count). The zero-order valence-electron chi connectivity index (χ0n) is 7.61. The fourth-order valence-electron chi connectivity index (χ4n) is 2.24. The molecule has 0 aliphatic heterocycles. The van der Waals surface area contributed by atoms with Crippen LogP contribution in [0.25, 0.3) is 0 Å². The lowest BCUT2D eigenvalue weighted by Gasteiger charge is -2.45. The molecule has 0 aromatic heterocycles. The minimum Gasteiger partial charge on any atom is -0.0654 e. The van der Waals surface area contributed by atoms with Gasteiger partial charge in [-0.2, -0.15) is 0 Å². The van der Waals surface area contributed by atoms with Crippen LogP contribution in [0.4, 0.5) is 0 Å². The summed E-state index contributed by atoms with van der Waals surface area (Å²) in [7, 11) is 0. The first-order chi connectivity index (χ1) is 4.71. The fourth-order valence-corrected chi connectivity index (χ4v) is 2.24. The van der Waals surface area contributed by atoms with E-state index >= 15 is 0 Å². The molecule has 0 heterocycles. The molecule has 0 amide bonds. The smallest absolute Gasteiger partial charge is 0.0275 e. The summed E-state index contributed by atoms with van der Waals surface area (Å²) in [5.41, 5.74) is 0.773. The van der Waals surface area contributed by atoms with Gasteiger partial charge in [0.15, 0.2) is 0 Å². The highest BCUT2D eigenvalue weighted by Gasteiger charge is 2.38. The van der Waals surface area contributed by atoms with Gasteiger partial charge in [0, 0.05) is 0 Å². The maximum atomic E-state index is 2.38. The fraction of sp³-hybridized carbons (Fsp3) is 1.00. The standard InChI is InChI=1S/C10H20/c1-4-6-10(9(2)3)7-5-8-10/h9H,4-8H2,1-3H3. The topological polar surface area (TPSA) is 0 Å². The van der Waals surface area contributed by atoms with Gasteiger partial charge < -0.3 is 0 Å². The number of hydrogen-bond acceptors (Lipinski definition) is 0. The van der Waals surface area contributed by atoms with E-state index in [1.54, 1.807) is 0 Å². The Labute approximate surface area is 65.0 Å². The van der Waals surface area contributed by atoms with Crippen molar-refractivity contribution < 1.29 is 0 Å². The van der Waals surface area contributed by atoms with Gasteiger partial charge in [-0.1, -0.05) is 33.6 Å². The van der Waals surface area contributed by atoms with Crippen LogP contribution in [0.1, 0.15) is 52.9 Å². The lowest BCUT2D eigenvalue weighted by atomic mass is 9.60. The van der Waals surface area contributed by atoms with E-state index < -0.39 is 0 Å². The first-order valence-corrected chi connectivity index (χ1v) is 4.71. The summed E-state index contributed by atoms with van der Waals surface area (Å²) in [4.78, 5) is 0. The van der Waals surface area contributed by atoms with Gasteiger partial charge in [0.1, 0.15) is 0 Å². The van der Waals surface area contributed by atoms with E-state index in [0.717, 1.165) is 11.3 Å². The van der Waals surface area contributed by atoms with Crippen molar-refractivity contribution in [2.24, 2.45) is 11.3 Å². The molecule has 0 saturated heterocycles. The second-order valence-corrected chi connectivity index (χ2v) is 4.12. The average Bonchev–Trinajstić information content (AvgIpc) is 1.77. The highest BCUT2D eigenvalue weighted by atomic mass is 14.4. The summed E-state index contributed by atoms with van der Waals surface area (Å²) in [5, 5.41) is 0. The third-order valence-electron chi connectivity index (χ3n) is 3.32. The maximum Gasteiger partial charge on any atom is -0.0275 e. The van der Waals surface area contributed by atoms with Crippen molar-refractivity contribution in [1.29, 1.82) is 0 Å². The third-order valence-corrected chi connectivity index (χ3v) is 3.32. The second-order valence-electron chi connectivity index (χ2n) is 4.12. The van der Waals surface area contributed by atoms with E-state index in [1.165, 1.54) is 32.1 Å². The molecule has 10 heavy (non-hydrogen) atoms. The lowest BCUT2D eigenvalue weighted by molar-refractivity contribution is 0.0565. The van der Waals surface area contributed by atoms with Crippen LogP contribution in [0.2, 0.25) is 0 Å². The van der Waals surface area contributed by atoms with E-state index in [-0.39, 0.29) is 0 Å². The van der Waals surface area contributed by atoms with Crippen LogP contribution >= 0.6 is 0 Å². The highest BCUT2D eigenvalue weighted by Crippen LogP contribution is 2.50. The zero-order chi connectivity index (χ0) is 7.61. The molecule has 0 radical (unpaired) electrons. The molecule has 1 aliphatic rings. The molecule has 0 unspecified atom stereocenters. The van der Waals surface area contributed by atoms with Crippen LogP contribution in [0.3, 0.4) is 0 Å². The molecule has 1 saturated carbocycles. The Balaban J connectivity index is 2.42. The molecule has 0 nitrogen and oxygen atoms in total. The molecule has 0 atom stereocenters. The van der Waals surface area contributed by atoms with Crippen molar-refractivity contribution in [2.75, 3.05) is 0 Å². The highest BCUT2D eigenvalue weighted by molar-refractivity contribution is 4.89. The van der Waals surface area contributed by atoms with Gasteiger partial charge in [-0.05, 0) is 30.6 Å². The van der Waals surface area contributed by atoms with Crippen molar-refractivity contribution in [1.82, 2.24) is 0 Å². The van der Waals surface area contributed by atoms with Gasteiger partial charge >= 0.3 is 0 Å². The molecule has 0 aromatic rings. The van der Waals surface area contributed by atoms with E-state index in [1.807, 2.05) is 0 Å². The van der Waals surface area contributed by atoms with Crippen LogP contribution in [0.5, 0.6) is 0 Å². The average molecular weight is 140 g/mol. The van der Waals surface area contributed by atoms with Crippen molar-refractivity contribution in [3.63, 3.8) is 0 Å². The largest absolute Gasteiger partial charge is 0.0654 e. The quantitative estimate of drug-likeness (QED) is 0.561. The lowest BCUT2D eigenvalue weighted by Crippen LogP contribution is -2.34. The summed E-state index contributed by atoms with van der Waals surface area (Å²) in [6.07, 6.45) is 7.32. The van der Waals surface area contributed by atoms with Gasteiger partial charge in [-0.3, -0.25) is 0 Å². The van der Waals surface area contributed by atoms with E-state index in [0.29, 0.717) is 0 Å². The first kappa shape index (κ1) is 8.10. The summed E-state index contributed by atoms with van der Waals surface area (Å²) in [6, 6.07) is 0. The Morgan fingerprint density at radius 2 is 1.90 bits per heavy atom. The molecule has 0 bridgehead atoms. The monoisotopic (exact) mass is 140 g/mol. The van der Waals surface area contributed by atoms with Gasteiger partial charge in [0.2, 0.25) is 0 Å². The van der Waals surface area contributed by atoms with Crippen molar-refractivity contribution in [2.45, 2.75) is 52.9 Å². The summed E-state index contributed by atoms with van der Waals surface area (Å²) in [5.74, 6) is 0.918. The Morgan fingerprint density at radius 1 is 1.30 bits per heavy atom. The van der Waals surface area contributed by atoms with Crippen LogP contribution < -0.4 is 0 Å². The number of rotatable bonds is 3. The molecule has 0 N–H and O–H groups in total. The molecule has 1 aliphatic carbocycles.